The van der Waals surface area contributed by atoms with Gasteiger partial charge in [0, 0.05) is 6.04 Å². The van der Waals surface area contributed by atoms with Crippen molar-refractivity contribution in [3.05, 3.63) is 22.5 Å². The third kappa shape index (κ3) is 5.07. The van der Waals surface area contributed by atoms with E-state index in [9.17, 15) is 10.1 Å². The number of nitrogens with zero attached hydrogens (tertiary/aromatic N) is 3. The van der Waals surface area contributed by atoms with Gasteiger partial charge in [0.15, 0.2) is 0 Å². The van der Waals surface area contributed by atoms with Gasteiger partial charge in [0.2, 0.25) is 5.95 Å². The summed E-state index contributed by atoms with van der Waals surface area (Å²) in [7, 11) is 0. The maximum atomic E-state index is 10.4. The van der Waals surface area contributed by atoms with E-state index in [1.807, 2.05) is 0 Å². The Morgan fingerprint density at radius 3 is 2.39 bits per heavy atom. The number of rotatable bonds is 7. The molecule has 6 nitrogen and oxygen atoms in total. The van der Waals surface area contributed by atoms with Crippen molar-refractivity contribution in [1.29, 1.82) is 0 Å². The quantitative estimate of drug-likeness (QED) is 0.596. The Kier molecular flexibility index (Phi) is 5.48. The summed E-state index contributed by atoms with van der Waals surface area (Å²) in [6, 6.07) is 0.269. The molecule has 1 rings (SSSR count). The van der Waals surface area contributed by atoms with Crippen molar-refractivity contribution >= 4 is 11.6 Å². The minimum atomic E-state index is -0.504. The van der Waals surface area contributed by atoms with E-state index in [1.165, 1.54) is 18.8 Å². The summed E-state index contributed by atoms with van der Waals surface area (Å²) >= 11 is 0. The second kappa shape index (κ2) is 6.88. The number of hydrogen-bond acceptors (Lipinski definition) is 5. The van der Waals surface area contributed by atoms with Crippen LogP contribution in [0.15, 0.2) is 12.4 Å². The Hall–Kier alpha value is -1.72. The van der Waals surface area contributed by atoms with E-state index in [0.717, 1.165) is 12.8 Å². The normalized spacial score (nSPS) is 12.4. The average Bonchev–Trinajstić information content (AvgIpc) is 2.29. The predicted octanol–water partition coefficient (Wildman–Crippen LogP) is 3.01. The molecule has 0 aromatic carbocycles. The van der Waals surface area contributed by atoms with Crippen molar-refractivity contribution in [2.75, 3.05) is 5.32 Å². The van der Waals surface area contributed by atoms with E-state index in [2.05, 4.69) is 36.1 Å². The highest BCUT2D eigenvalue weighted by Crippen LogP contribution is 2.12. The van der Waals surface area contributed by atoms with Crippen molar-refractivity contribution in [2.45, 2.75) is 46.1 Å². The summed E-state index contributed by atoms with van der Waals surface area (Å²) in [6.07, 6.45) is 5.83. The van der Waals surface area contributed by atoms with Gasteiger partial charge in [0.05, 0.1) is 4.92 Å². The minimum Gasteiger partial charge on any atom is -0.352 e. The van der Waals surface area contributed by atoms with Gasteiger partial charge in [-0.2, -0.15) is 0 Å². The van der Waals surface area contributed by atoms with Crippen LogP contribution in [0.3, 0.4) is 0 Å². The van der Waals surface area contributed by atoms with E-state index in [1.54, 1.807) is 0 Å². The lowest BCUT2D eigenvalue weighted by molar-refractivity contribution is -0.385. The molecule has 1 N–H and O–H groups in total. The molecule has 6 heteroatoms. The molecule has 100 valence electrons. The van der Waals surface area contributed by atoms with Crippen LogP contribution < -0.4 is 5.32 Å². The predicted molar refractivity (Wildman–Crippen MR) is 70.5 cm³/mol. The molecule has 0 saturated carbocycles. The summed E-state index contributed by atoms with van der Waals surface area (Å²) in [5, 5.41) is 13.6. The second-order valence-corrected chi connectivity index (χ2v) is 4.89. The number of nitrogens with one attached hydrogen (secondary N) is 1. The van der Waals surface area contributed by atoms with Gasteiger partial charge in [0.1, 0.15) is 12.4 Å². The van der Waals surface area contributed by atoms with Crippen molar-refractivity contribution in [2.24, 2.45) is 5.92 Å². The van der Waals surface area contributed by atoms with Crippen molar-refractivity contribution in [1.82, 2.24) is 9.97 Å². The molecule has 0 aliphatic carbocycles. The van der Waals surface area contributed by atoms with Crippen LogP contribution in [0.4, 0.5) is 11.6 Å². The minimum absolute atomic E-state index is 0.0898. The first-order chi connectivity index (χ1) is 8.49. The number of nitro groups is 1. The lowest BCUT2D eigenvalue weighted by Crippen LogP contribution is -2.17. The molecule has 0 saturated heterocycles. The van der Waals surface area contributed by atoms with Crippen LogP contribution in [0.25, 0.3) is 0 Å². The number of aromatic nitrogens is 2. The molecule has 0 aliphatic rings. The third-order valence-corrected chi connectivity index (χ3v) is 2.64. The first-order valence-corrected chi connectivity index (χ1v) is 6.22. The second-order valence-electron chi connectivity index (χ2n) is 4.89. The molecule has 0 radical (unpaired) electrons. The Labute approximate surface area is 107 Å². The molecule has 1 aromatic rings. The Morgan fingerprint density at radius 2 is 1.89 bits per heavy atom. The van der Waals surface area contributed by atoms with Gasteiger partial charge in [-0.05, 0) is 19.3 Å². The molecular formula is C12H20N4O2. The van der Waals surface area contributed by atoms with Gasteiger partial charge >= 0.3 is 5.69 Å². The largest absolute Gasteiger partial charge is 0.352 e. The number of anilines is 1. The zero-order valence-corrected chi connectivity index (χ0v) is 11.1. The molecule has 0 spiro atoms. The molecule has 1 aromatic heterocycles. The highest BCUT2D eigenvalue weighted by atomic mass is 16.6. The van der Waals surface area contributed by atoms with Gasteiger partial charge in [-0.15, -0.1) is 0 Å². The summed E-state index contributed by atoms with van der Waals surface area (Å²) < 4.78 is 0. The van der Waals surface area contributed by atoms with Crippen LogP contribution in [-0.4, -0.2) is 20.9 Å². The molecule has 0 aliphatic heterocycles. The van der Waals surface area contributed by atoms with E-state index in [4.69, 9.17) is 0 Å². The Balaban J connectivity index is 2.39. The highest BCUT2D eigenvalue weighted by molar-refractivity contribution is 5.31. The lowest BCUT2D eigenvalue weighted by atomic mass is 10.0. The van der Waals surface area contributed by atoms with Gasteiger partial charge in [-0.3, -0.25) is 10.1 Å². The molecular weight excluding hydrogens is 232 g/mol. The zero-order valence-electron chi connectivity index (χ0n) is 11.1. The van der Waals surface area contributed by atoms with Crippen molar-refractivity contribution in [3.63, 3.8) is 0 Å². The van der Waals surface area contributed by atoms with Crippen LogP contribution in [0.5, 0.6) is 0 Å². The van der Waals surface area contributed by atoms with Crippen molar-refractivity contribution in [3.8, 4) is 0 Å². The van der Waals surface area contributed by atoms with Crippen LogP contribution >= 0.6 is 0 Å². The number of hydrogen-bond donors (Lipinski definition) is 1. The zero-order chi connectivity index (χ0) is 13.5. The molecule has 0 bridgehead atoms. The van der Waals surface area contributed by atoms with Crippen LogP contribution in [0.2, 0.25) is 0 Å². The lowest BCUT2D eigenvalue weighted by Gasteiger charge is -2.13. The molecule has 18 heavy (non-hydrogen) atoms. The Morgan fingerprint density at radius 1 is 1.28 bits per heavy atom. The maximum Gasteiger partial charge on any atom is 0.305 e. The fraction of sp³-hybridized carbons (Fsp3) is 0.667. The summed E-state index contributed by atoms with van der Waals surface area (Å²) in [6.45, 7) is 6.47. The molecule has 1 unspecified atom stereocenters. The molecule has 0 amide bonds. The Bertz CT molecular complexity index is 378. The average molecular weight is 252 g/mol. The van der Waals surface area contributed by atoms with Gasteiger partial charge in [-0.25, -0.2) is 9.97 Å². The highest BCUT2D eigenvalue weighted by Gasteiger charge is 2.08. The fourth-order valence-electron chi connectivity index (χ4n) is 1.61. The van der Waals surface area contributed by atoms with Crippen LogP contribution in [0, 0.1) is 16.0 Å². The monoisotopic (exact) mass is 252 g/mol. The summed E-state index contributed by atoms with van der Waals surface area (Å²) in [4.78, 5) is 17.8. The van der Waals surface area contributed by atoms with Crippen LogP contribution in [-0.2, 0) is 0 Å². The van der Waals surface area contributed by atoms with E-state index >= 15 is 0 Å². The van der Waals surface area contributed by atoms with E-state index in [0.29, 0.717) is 11.9 Å². The van der Waals surface area contributed by atoms with Crippen molar-refractivity contribution < 1.29 is 4.92 Å². The van der Waals surface area contributed by atoms with Gasteiger partial charge in [-0.1, -0.05) is 26.7 Å². The SMILES string of the molecule is CC(C)CCCC(C)Nc1ncc([N+](=O)[O-])cn1. The first kappa shape index (κ1) is 14.3. The maximum absolute atomic E-state index is 10.4. The summed E-state index contributed by atoms with van der Waals surface area (Å²) in [5.41, 5.74) is -0.0898. The topological polar surface area (TPSA) is 81.0 Å². The summed E-state index contributed by atoms with van der Waals surface area (Å²) in [5.74, 6) is 1.16. The van der Waals surface area contributed by atoms with Gasteiger partial charge in [0.25, 0.3) is 0 Å². The fourth-order valence-corrected chi connectivity index (χ4v) is 1.61. The molecule has 1 atom stereocenters. The standard InChI is InChI=1S/C12H20N4O2/c1-9(2)5-4-6-10(3)15-12-13-7-11(8-14-12)16(17)18/h7-10H,4-6H2,1-3H3,(H,13,14,15). The third-order valence-electron chi connectivity index (χ3n) is 2.64. The molecule has 1 heterocycles. The smallest absolute Gasteiger partial charge is 0.305 e. The molecule has 0 fully saturated rings. The van der Waals surface area contributed by atoms with Crippen LogP contribution in [0.1, 0.15) is 40.0 Å². The van der Waals surface area contributed by atoms with E-state index in [-0.39, 0.29) is 11.7 Å². The first-order valence-electron chi connectivity index (χ1n) is 6.22. The van der Waals surface area contributed by atoms with Gasteiger partial charge < -0.3 is 5.32 Å². The van der Waals surface area contributed by atoms with E-state index < -0.39 is 4.92 Å².